The molecule has 0 aliphatic heterocycles. The van der Waals surface area contributed by atoms with Crippen molar-refractivity contribution in [2.45, 2.75) is 26.9 Å². The highest BCUT2D eigenvalue weighted by atomic mass is 16.6. The Morgan fingerprint density at radius 2 is 2.00 bits per heavy atom. The molecule has 0 aliphatic carbocycles. The van der Waals surface area contributed by atoms with E-state index in [1.165, 1.54) is 0 Å². The zero-order valence-electron chi connectivity index (χ0n) is 6.42. The highest BCUT2D eigenvalue weighted by Gasteiger charge is 2.31. The lowest BCUT2D eigenvalue weighted by Gasteiger charge is -2.24. The summed E-state index contributed by atoms with van der Waals surface area (Å²) in [5, 5.41) is 8.50. The number of carbonyl (C=O) groups is 1. The number of nitrogens with two attached hydrogens (primary N) is 1. The van der Waals surface area contributed by atoms with Gasteiger partial charge in [0.05, 0.1) is 0 Å². The molecule has 0 aromatic heterocycles. The fraction of sp³-hybridized carbons (Fsp3) is 0.833. The van der Waals surface area contributed by atoms with Gasteiger partial charge in [0, 0.05) is 5.41 Å². The van der Waals surface area contributed by atoms with Gasteiger partial charge in [-0.25, -0.2) is 10.7 Å². The van der Waals surface area contributed by atoms with Gasteiger partial charge in [-0.2, -0.15) is 0 Å². The van der Waals surface area contributed by atoms with Crippen LogP contribution < -0.4 is 5.90 Å². The topological polar surface area (TPSA) is 72.5 Å². The van der Waals surface area contributed by atoms with E-state index in [1.54, 1.807) is 20.8 Å². The molecule has 0 amide bonds. The van der Waals surface area contributed by atoms with Crippen LogP contribution in [0.2, 0.25) is 0 Å². The summed E-state index contributed by atoms with van der Waals surface area (Å²) in [4.78, 5) is 14.6. The normalized spacial score (nSPS) is 14.8. The van der Waals surface area contributed by atoms with Crippen molar-refractivity contribution in [1.82, 2.24) is 0 Å². The molecule has 0 aromatic carbocycles. The molecule has 0 spiro atoms. The van der Waals surface area contributed by atoms with Gasteiger partial charge in [-0.1, -0.05) is 20.8 Å². The second kappa shape index (κ2) is 2.98. The monoisotopic (exact) mass is 147 g/mol. The van der Waals surface area contributed by atoms with E-state index in [0.29, 0.717) is 0 Å². The largest absolute Gasteiger partial charge is 0.479 e. The molecule has 0 fully saturated rings. The zero-order valence-corrected chi connectivity index (χ0v) is 6.42. The van der Waals surface area contributed by atoms with E-state index in [0.717, 1.165) is 0 Å². The maximum atomic E-state index is 10.4. The summed E-state index contributed by atoms with van der Waals surface area (Å²) in [7, 11) is 0. The predicted octanol–water partition coefficient (Wildman–Crippen LogP) is 0.376. The molecule has 4 heteroatoms. The predicted molar refractivity (Wildman–Crippen MR) is 36.2 cm³/mol. The van der Waals surface area contributed by atoms with Crippen LogP contribution >= 0.6 is 0 Å². The summed E-state index contributed by atoms with van der Waals surface area (Å²) in [5.74, 6) is 3.75. The molecule has 3 N–H and O–H groups in total. The van der Waals surface area contributed by atoms with E-state index < -0.39 is 17.5 Å². The molecular weight excluding hydrogens is 134 g/mol. The smallest absolute Gasteiger partial charge is 0.335 e. The van der Waals surface area contributed by atoms with E-state index in [2.05, 4.69) is 4.84 Å². The Kier molecular flexibility index (Phi) is 2.80. The molecule has 0 saturated carbocycles. The lowest BCUT2D eigenvalue weighted by Crippen LogP contribution is -2.38. The number of carboxylic acids is 1. The molecule has 0 saturated heterocycles. The first-order chi connectivity index (χ1) is 4.39. The van der Waals surface area contributed by atoms with Gasteiger partial charge in [0.15, 0.2) is 6.10 Å². The fourth-order valence-electron chi connectivity index (χ4n) is 0.633. The van der Waals surface area contributed by atoms with Crippen LogP contribution in [0.4, 0.5) is 0 Å². The van der Waals surface area contributed by atoms with Gasteiger partial charge < -0.3 is 5.11 Å². The highest BCUT2D eigenvalue weighted by Crippen LogP contribution is 2.20. The Hall–Kier alpha value is -0.610. The molecule has 0 aliphatic rings. The zero-order chi connectivity index (χ0) is 8.36. The van der Waals surface area contributed by atoms with Crippen LogP contribution in [0.15, 0.2) is 0 Å². The average molecular weight is 147 g/mol. The second-order valence-electron chi connectivity index (χ2n) is 3.22. The lowest BCUT2D eigenvalue weighted by molar-refractivity contribution is -0.158. The van der Waals surface area contributed by atoms with Crippen molar-refractivity contribution >= 4 is 5.97 Å². The van der Waals surface area contributed by atoms with Crippen molar-refractivity contribution in [3.05, 3.63) is 0 Å². The maximum absolute atomic E-state index is 10.4. The molecule has 4 nitrogen and oxygen atoms in total. The first kappa shape index (κ1) is 9.39. The van der Waals surface area contributed by atoms with Crippen LogP contribution in [0.1, 0.15) is 20.8 Å². The Bertz CT molecular complexity index is 127. The fourth-order valence-corrected chi connectivity index (χ4v) is 0.633. The SMILES string of the molecule is CC(C)(C)[C@H](ON)C(=O)O. The molecule has 0 aromatic rings. The van der Waals surface area contributed by atoms with E-state index in [4.69, 9.17) is 11.0 Å². The van der Waals surface area contributed by atoms with E-state index >= 15 is 0 Å². The van der Waals surface area contributed by atoms with Gasteiger partial charge in [-0.15, -0.1) is 0 Å². The van der Waals surface area contributed by atoms with Gasteiger partial charge in [0.25, 0.3) is 0 Å². The van der Waals surface area contributed by atoms with Crippen molar-refractivity contribution < 1.29 is 14.7 Å². The van der Waals surface area contributed by atoms with Crippen LogP contribution in [-0.4, -0.2) is 17.2 Å². The van der Waals surface area contributed by atoms with Crippen molar-refractivity contribution in [3.63, 3.8) is 0 Å². The molecule has 0 bridgehead atoms. The number of hydrogen-bond donors (Lipinski definition) is 2. The highest BCUT2D eigenvalue weighted by molar-refractivity contribution is 5.73. The Morgan fingerprint density at radius 1 is 1.60 bits per heavy atom. The maximum Gasteiger partial charge on any atom is 0.335 e. The first-order valence-corrected chi connectivity index (χ1v) is 2.98. The molecule has 10 heavy (non-hydrogen) atoms. The molecular formula is C6H13NO3. The van der Waals surface area contributed by atoms with Crippen LogP contribution in [0, 0.1) is 5.41 Å². The molecule has 1 atom stereocenters. The average Bonchev–Trinajstić information content (AvgIpc) is 1.60. The summed E-state index contributed by atoms with van der Waals surface area (Å²) in [6, 6.07) is 0. The third kappa shape index (κ3) is 2.33. The minimum atomic E-state index is -1.03. The quantitative estimate of drug-likeness (QED) is 0.554. The van der Waals surface area contributed by atoms with Crippen molar-refractivity contribution in [3.8, 4) is 0 Å². The summed E-state index contributed by atoms with van der Waals surface area (Å²) in [6.07, 6.45) is -0.938. The van der Waals surface area contributed by atoms with Crippen LogP contribution in [-0.2, 0) is 9.63 Å². The number of rotatable bonds is 2. The van der Waals surface area contributed by atoms with E-state index in [-0.39, 0.29) is 0 Å². The third-order valence-corrected chi connectivity index (χ3v) is 1.15. The molecule has 0 rings (SSSR count). The van der Waals surface area contributed by atoms with E-state index in [9.17, 15) is 4.79 Å². The van der Waals surface area contributed by atoms with Gasteiger partial charge in [0.2, 0.25) is 0 Å². The molecule has 0 radical (unpaired) electrons. The minimum absolute atomic E-state index is 0.458. The summed E-state index contributed by atoms with van der Waals surface area (Å²) in [6.45, 7) is 5.25. The van der Waals surface area contributed by atoms with Gasteiger partial charge in [0.1, 0.15) is 0 Å². The molecule has 60 valence electrons. The Morgan fingerprint density at radius 3 is 2.00 bits per heavy atom. The van der Waals surface area contributed by atoms with Crippen molar-refractivity contribution in [2.24, 2.45) is 11.3 Å². The van der Waals surface area contributed by atoms with Gasteiger partial charge in [-0.3, -0.25) is 4.84 Å². The third-order valence-electron chi connectivity index (χ3n) is 1.15. The summed E-state index contributed by atoms with van der Waals surface area (Å²) in [5.41, 5.74) is -0.458. The Balaban J connectivity index is 4.22. The number of carboxylic acid groups (broad SMARTS) is 1. The standard InChI is InChI=1S/C6H13NO3/c1-6(2,3)4(10-7)5(8)9/h4H,7H2,1-3H3,(H,8,9)/t4-/m1/s1. The number of hydrogen-bond acceptors (Lipinski definition) is 3. The van der Waals surface area contributed by atoms with E-state index in [1.807, 2.05) is 0 Å². The van der Waals surface area contributed by atoms with Crippen LogP contribution in [0.25, 0.3) is 0 Å². The van der Waals surface area contributed by atoms with Crippen molar-refractivity contribution in [1.29, 1.82) is 0 Å². The lowest BCUT2D eigenvalue weighted by atomic mass is 9.89. The van der Waals surface area contributed by atoms with Crippen molar-refractivity contribution in [2.75, 3.05) is 0 Å². The summed E-state index contributed by atoms with van der Waals surface area (Å²) >= 11 is 0. The van der Waals surface area contributed by atoms with Crippen LogP contribution in [0.5, 0.6) is 0 Å². The minimum Gasteiger partial charge on any atom is -0.479 e. The molecule has 0 unspecified atom stereocenters. The summed E-state index contributed by atoms with van der Waals surface area (Å²) < 4.78 is 0. The second-order valence-corrected chi connectivity index (χ2v) is 3.22. The number of aliphatic carboxylic acids is 1. The van der Waals surface area contributed by atoms with Gasteiger partial charge >= 0.3 is 5.97 Å². The van der Waals surface area contributed by atoms with Gasteiger partial charge in [-0.05, 0) is 0 Å². The first-order valence-electron chi connectivity index (χ1n) is 2.98. The molecule has 0 heterocycles. The Labute approximate surface area is 59.9 Å². The van der Waals surface area contributed by atoms with Crippen LogP contribution in [0.3, 0.4) is 0 Å².